The van der Waals surface area contributed by atoms with Crippen molar-refractivity contribution in [3.05, 3.63) is 65.9 Å². The molecule has 1 atom stereocenters. The number of carbonyl (C=O) groups excluding carboxylic acids is 1. The van der Waals surface area contributed by atoms with Crippen molar-refractivity contribution in [1.82, 2.24) is 10.2 Å². The summed E-state index contributed by atoms with van der Waals surface area (Å²) < 4.78 is 5.52. The number of nitrogens with one attached hydrogen (secondary N) is 2. The zero-order chi connectivity index (χ0) is 19.5. The van der Waals surface area contributed by atoms with Gasteiger partial charge in [-0.25, -0.2) is 0 Å². The van der Waals surface area contributed by atoms with Gasteiger partial charge in [-0.15, -0.1) is 0 Å². The number of amides is 1. The van der Waals surface area contributed by atoms with E-state index < -0.39 is 0 Å². The Labute approximate surface area is 165 Å². The van der Waals surface area contributed by atoms with Crippen molar-refractivity contribution in [1.29, 1.82) is 0 Å². The Balaban J connectivity index is 1.70. The maximum Gasteiger partial charge on any atom is 0.232 e. The fraction of sp³-hybridized carbons (Fsp3) is 0.304. The molecule has 1 aromatic heterocycles. The molecule has 2 N–H and O–H groups in total. The molecule has 0 spiro atoms. The first kappa shape index (κ1) is 18.3. The predicted octanol–water partition coefficient (Wildman–Crippen LogP) is 5.10. The maximum atomic E-state index is 13.2. The third-order valence-corrected chi connectivity index (χ3v) is 5.32. The van der Waals surface area contributed by atoms with Crippen molar-refractivity contribution in [3.63, 3.8) is 0 Å². The van der Waals surface area contributed by atoms with Crippen LogP contribution in [0.15, 0.2) is 54.6 Å². The maximum absolute atomic E-state index is 13.2. The van der Waals surface area contributed by atoms with Gasteiger partial charge in [-0.2, -0.15) is 5.10 Å². The van der Waals surface area contributed by atoms with Gasteiger partial charge in [0.2, 0.25) is 5.91 Å². The number of ether oxygens (including phenoxy) is 1. The first-order valence-corrected chi connectivity index (χ1v) is 9.80. The van der Waals surface area contributed by atoms with Crippen LogP contribution in [-0.4, -0.2) is 23.2 Å². The van der Waals surface area contributed by atoms with Crippen molar-refractivity contribution in [2.75, 3.05) is 12.4 Å². The number of carbonyl (C=O) groups is 1. The Morgan fingerprint density at radius 1 is 1.18 bits per heavy atom. The highest BCUT2D eigenvalue weighted by Gasteiger charge is 2.32. The monoisotopic (exact) mass is 375 g/mol. The molecule has 5 heteroatoms. The standard InChI is InChI=1S/C23H25N3O2/c1-3-17(15-9-5-4-6-10-15)23(27)24-22-20(16-13-14-16)25-26-21(22)18-11-7-8-12-19(18)28-2/h4-12,16-17H,3,13-14H2,1-2H3,(H,24,27)(H,25,26)/t17-/m0/s1. The first-order valence-electron chi connectivity index (χ1n) is 9.80. The topological polar surface area (TPSA) is 67.0 Å². The van der Waals surface area contributed by atoms with E-state index in [0.29, 0.717) is 5.92 Å². The van der Waals surface area contributed by atoms with Gasteiger partial charge in [0.25, 0.3) is 0 Å². The average molecular weight is 375 g/mol. The van der Waals surface area contributed by atoms with Crippen LogP contribution >= 0.6 is 0 Å². The van der Waals surface area contributed by atoms with E-state index in [1.54, 1.807) is 7.11 Å². The molecule has 144 valence electrons. The second-order valence-corrected chi connectivity index (χ2v) is 7.20. The molecule has 1 aliphatic rings. The average Bonchev–Trinajstić information content (AvgIpc) is 3.50. The molecular formula is C23H25N3O2. The van der Waals surface area contributed by atoms with Crippen molar-refractivity contribution in [2.45, 2.75) is 38.0 Å². The molecule has 2 aromatic carbocycles. The fourth-order valence-corrected chi connectivity index (χ4v) is 3.65. The van der Waals surface area contributed by atoms with Gasteiger partial charge in [-0.05, 0) is 37.0 Å². The molecule has 0 saturated heterocycles. The zero-order valence-electron chi connectivity index (χ0n) is 16.2. The molecule has 28 heavy (non-hydrogen) atoms. The minimum atomic E-state index is -0.200. The van der Waals surface area contributed by atoms with Crippen LogP contribution < -0.4 is 10.1 Å². The highest BCUT2D eigenvalue weighted by Crippen LogP contribution is 2.46. The summed E-state index contributed by atoms with van der Waals surface area (Å²) in [4.78, 5) is 13.2. The molecule has 0 aliphatic heterocycles. The number of hydrogen-bond acceptors (Lipinski definition) is 3. The van der Waals surface area contributed by atoms with E-state index >= 15 is 0 Å². The number of hydrogen-bond donors (Lipinski definition) is 2. The molecule has 4 rings (SSSR count). The van der Waals surface area contributed by atoms with E-state index in [1.807, 2.05) is 61.5 Å². The molecular weight excluding hydrogens is 350 g/mol. The number of aromatic nitrogens is 2. The van der Waals surface area contributed by atoms with Gasteiger partial charge in [0.1, 0.15) is 11.4 Å². The van der Waals surface area contributed by atoms with E-state index in [9.17, 15) is 4.79 Å². The number of methoxy groups -OCH3 is 1. The molecule has 0 unspecified atom stereocenters. The lowest BCUT2D eigenvalue weighted by Crippen LogP contribution is -2.21. The Morgan fingerprint density at radius 3 is 2.57 bits per heavy atom. The second kappa shape index (κ2) is 7.89. The summed E-state index contributed by atoms with van der Waals surface area (Å²) in [7, 11) is 1.65. The van der Waals surface area contributed by atoms with E-state index in [0.717, 1.165) is 53.2 Å². The Kier molecular flexibility index (Phi) is 5.15. The van der Waals surface area contributed by atoms with Crippen LogP contribution in [0.1, 0.15) is 49.3 Å². The summed E-state index contributed by atoms with van der Waals surface area (Å²) >= 11 is 0. The molecule has 1 heterocycles. The van der Waals surface area contributed by atoms with Crippen molar-refractivity contribution < 1.29 is 9.53 Å². The summed E-state index contributed by atoms with van der Waals surface area (Å²) in [5, 5.41) is 10.9. The van der Waals surface area contributed by atoms with Crippen molar-refractivity contribution in [2.24, 2.45) is 0 Å². The van der Waals surface area contributed by atoms with Gasteiger partial charge in [0.05, 0.1) is 24.4 Å². The van der Waals surface area contributed by atoms with Crippen LogP contribution in [-0.2, 0) is 4.79 Å². The van der Waals surface area contributed by atoms with Crippen LogP contribution in [0.2, 0.25) is 0 Å². The number of aromatic amines is 1. The Hall–Kier alpha value is -3.08. The Morgan fingerprint density at radius 2 is 1.89 bits per heavy atom. The van der Waals surface area contributed by atoms with Crippen molar-refractivity contribution >= 4 is 11.6 Å². The van der Waals surface area contributed by atoms with Crippen molar-refractivity contribution in [3.8, 4) is 17.0 Å². The first-order chi connectivity index (χ1) is 13.7. The number of nitrogens with zero attached hydrogens (tertiary/aromatic N) is 1. The van der Waals surface area contributed by atoms with Crippen LogP contribution in [0.3, 0.4) is 0 Å². The largest absolute Gasteiger partial charge is 0.496 e. The van der Waals surface area contributed by atoms with Crippen LogP contribution in [0.5, 0.6) is 5.75 Å². The SMILES string of the molecule is CC[C@H](C(=O)Nc1c(-c2ccccc2OC)n[nH]c1C1CC1)c1ccccc1. The minimum absolute atomic E-state index is 0.00634. The third kappa shape index (κ3) is 3.52. The van der Waals surface area contributed by atoms with Gasteiger partial charge >= 0.3 is 0 Å². The lowest BCUT2D eigenvalue weighted by Gasteiger charge is -2.17. The molecule has 1 saturated carbocycles. The van der Waals surface area contributed by atoms with E-state index in [4.69, 9.17) is 4.74 Å². The lowest BCUT2D eigenvalue weighted by molar-refractivity contribution is -0.117. The van der Waals surface area contributed by atoms with Gasteiger partial charge in [0, 0.05) is 11.5 Å². The summed E-state index contributed by atoms with van der Waals surface area (Å²) in [6.07, 6.45) is 2.97. The molecule has 5 nitrogen and oxygen atoms in total. The van der Waals surface area contributed by atoms with Gasteiger partial charge in [0.15, 0.2) is 0 Å². The van der Waals surface area contributed by atoms with Gasteiger partial charge in [-0.3, -0.25) is 9.89 Å². The van der Waals surface area contributed by atoms with Crippen LogP contribution in [0.4, 0.5) is 5.69 Å². The molecule has 1 amide bonds. The number of anilines is 1. The molecule has 0 radical (unpaired) electrons. The third-order valence-electron chi connectivity index (χ3n) is 5.32. The number of H-pyrrole nitrogens is 1. The molecule has 1 aliphatic carbocycles. The molecule has 3 aromatic rings. The zero-order valence-corrected chi connectivity index (χ0v) is 16.2. The number of para-hydroxylation sites is 1. The normalized spacial score (nSPS) is 14.5. The van der Waals surface area contributed by atoms with E-state index in [-0.39, 0.29) is 11.8 Å². The minimum Gasteiger partial charge on any atom is -0.496 e. The van der Waals surface area contributed by atoms with Gasteiger partial charge < -0.3 is 10.1 Å². The van der Waals surface area contributed by atoms with Crippen LogP contribution in [0, 0.1) is 0 Å². The number of benzene rings is 2. The second-order valence-electron chi connectivity index (χ2n) is 7.20. The summed E-state index contributed by atoms with van der Waals surface area (Å²) in [6, 6.07) is 17.7. The van der Waals surface area contributed by atoms with Crippen LogP contribution in [0.25, 0.3) is 11.3 Å². The van der Waals surface area contributed by atoms with Gasteiger partial charge in [-0.1, -0.05) is 49.4 Å². The summed E-state index contributed by atoms with van der Waals surface area (Å²) in [5.41, 5.74) is 4.42. The van der Waals surface area contributed by atoms with E-state index in [1.165, 1.54) is 0 Å². The lowest BCUT2D eigenvalue weighted by atomic mass is 9.95. The highest BCUT2D eigenvalue weighted by atomic mass is 16.5. The summed E-state index contributed by atoms with van der Waals surface area (Å²) in [6.45, 7) is 2.04. The predicted molar refractivity (Wildman–Crippen MR) is 111 cm³/mol. The number of rotatable bonds is 7. The smallest absolute Gasteiger partial charge is 0.232 e. The molecule has 0 bridgehead atoms. The fourth-order valence-electron chi connectivity index (χ4n) is 3.65. The molecule has 1 fully saturated rings. The highest BCUT2D eigenvalue weighted by molar-refractivity contribution is 6.00. The quantitative estimate of drug-likeness (QED) is 0.604. The van der Waals surface area contributed by atoms with E-state index in [2.05, 4.69) is 15.5 Å². The Bertz CT molecular complexity index is 961. The summed E-state index contributed by atoms with van der Waals surface area (Å²) in [5.74, 6) is 0.965.